The molecule has 0 spiro atoms. The fourth-order valence-corrected chi connectivity index (χ4v) is 1.47. The van der Waals surface area contributed by atoms with Crippen LogP contribution in [0.5, 0.6) is 5.75 Å². The Morgan fingerprint density at radius 3 is 2.40 bits per heavy atom. The molecule has 0 aliphatic heterocycles. The van der Waals surface area contributed by atoms with Crippen LogP contribution >= 0.6 is 0 Å². The van der Waals surface area contributed by atoms with Crippen molar-refractivity contribution in [2.75, 3.05) is 6.61 Å². The second-order valence-corrected chi connectivity index (χ2v) is 3.43. The first kappa shape index (κ1) is 11.3. The van der Waals surface area contributed by atoms with E-state index in [1.807, 2.05) is 45.1 Å². The van der Waals surface area contributed by atoms with Gasteiger partial charge >= 0.3 is 0 Å². The lowest BCUT2D eigenvalue weighted by Gasteiger charge is -2.10. The first-order valence-corrected chi connectivity index (χ1v) is 4.94. The maximum Gasteiger partial charge on any atom is 0.125 e. The lowest BCUT2D eigenvalue weighted by atomic mass is 10.1. The van der Waals surface area contributed by atoms with Gasteiger partial charge in [-0.1, -0.05) is 12.2 Å². The number of allylic oxidation sites excluding steroid dienone is 1. The zero-order valence-electron chi connectivity index (χ0n) is 9.37. The molecule has 0 aliphatic carbocycles. The summed E-state index contributed by atoms with van der Waals surface area (Å²) in [4.78, 5) is 0. The molecule has 0 bridgehead atoms. The second kappa shape index (κ2) is 5.21. The third-order valence-corrected chi connectivity index (χ3v) is 2.15. The third-order valence-electron chi connectivity index (χ3n) is 2.15. The van der Waals surface area contributed by atoms with Gasteiger partial charge in [0, 0.05) is 0 Å². The van der Waals surface area contributed by atoms with Gasteiger partial charge in [0.05, 0.1) is 11.6 Å². The summed E-state index contributed by atoms with van der Waals surface area (Å²) in [6.07, 6.45) is 3.91. The highest BCUT2D eigenvalue weighted by atomic mass is 16.5. The first-order chi connectivity index (χ1) is 7.19. The van der Waals surface area contributed by atoms with Crippen LogP contribution in [0.25, 0.3) is 0 Å². The summed E-state index contributed by atoms with van der Waals surface area (Å²) in [5, 5.41) is 8.79. The monoisotopic (exact) mass is 201 g/mol. The number of rotatable bonds is 3. The van der Waals surface area contributed by atoms with Crippen LogP contribution in [0.15, 0.2) is 24.3 Å². The minimum atomic E-state index is 0.573. The lowest BCUT2D eigenvalue weighted by molar-refractivity contribution is 0.357. The molecule has 0 saturated carbocycles. The molecule has 15 heavy (non-hydrogen) atoms. The predicted octanol–water partition coefficient (Wildman–Crippen LogP) is 3.13. The Balaban J connectivity index is 2.94. The Bertz CT molecular complexity index is 390. The molecule has 0 radical (unpaired) electrons. The van der Waals surface area contributed by atoms with Crippen molar-refractivity contribution >= 4 is 0 Å². The molecule has 0 aromatic heterocycles. The van der Waals surface area contributed by atoms with Crippen molar-refractivity contribution in [3.05, 3.63) is 41.0 Å². The summed E-state index contributed by atoms with van der Waals surface area (Å²) in [5.74, 6) is 0.882. The van der Waals surface area contributed by atoms with Gasteiger partial charge in [-0.3, -0.25) is 0 Å². The zero-order chi connectivity index (χ0) is 11.3. The van der Waals surface area contributed by atoms with Crippen LogP contribution in [0.1, 0.15) is 23.6 Å². The Labute approximate surface area is 90.8 Å². The highest BCUT2D eigenvalue weighted by molar-refractivity contribution is 5.47. The van der Waals surface area contributed by atoms with E-state index in [1.54, 1.807) is 0 Å². The molecule has 0 amide bonds. The minimum Gasteiger partial charge on any atom is -0.489 e. The van der Waals surface area contributed by atoms with E-state index in [0.717, 1.165) is 16.9 Å². The molecule has 1 rings (SSSR count). The van der Waals surface area contributed by atoms with E-state index in [1.165, 1.54) is 0 Å². The van der Waals surface area contributed by atoms with E-state index in [0.29, 0.717) is 12.2 Å². The fourth-order valence-electron chi connectivity index (χ4n) is 1.47. The van der Waals surface area contributed by atoms with Crippen LogP contribution < -0.4 is 4.74 Å². The van der Waals surface area contributed by atoms with Crippen molar-refractivity contribution in [3.63, 3.8) is 0 Å². The van der Waals surface area contributed by atoms with Crippen LogP contribution in [0.2, 0.25) is 0 Å². The highest BCUT2D eigenvalue weighted by Gasteiger charge is 2.05. The van der Waals surface area contributed by atoms with E-state index in [2.05, 4.69) is 6.07 Å². The molecule has 1 aromatic carbocycles. The van der Waals surface area contributed by atoms with Gasteiger partial charge in [-0.05, 0) is 44.0 Å². The minimum absolute atomic E-state index is 0.573. The predicted molar refractivity (Wildman–Crippen MR) is 60.9 cm³/mol. The summed E-state index contributed by atoms with van der Waals surface area (Å²) in [5.41, 5.74) is 2.70. The molecular formula is C13H15NO. The summed E-state index contributed by atoms with van der Waals surface area (Å²) < 4.78 is 5.61. The van der Waals surface area contributed by atoms with Crippen LogP contribution in [0.3, 0.4) is 0 Å². The number of ether oxygens (including phenoxy) is 1. The molecule has 0 saturated heterocycles. The first-order valence-electron chi connectivity index (χ1n) is 4.94. The number of nitrogens with zero attached hydrogens (tertiary/aromatic N) is 1. The smallest absolute Gasteiger partial charge is 0.125 e. The SMILES string of the molecule is CC=CCOc1c(C)cc(C#N)cc1C. The molecule has 2 nitrogen and oxygen atoms in total. The Hall–Kier alpha value is -1.75. The summed E-state index contributed by atoms with van der Waals surface area (Å²) in [6.45, 7) is 6.45. The second-order valence-electron chi connectivity index (χ2n) is 3.43. The van der Waals surface area contributed by atoms with Gasteiger partial charge in [-0.25, -0.2) is 0 Å². The van der Waals surface area contributed by atoms with E-state index in [9.17, 15) is 0 Å². The maximum absolute atomic E-state index is 8.79. The van der Waals surface area contributed by atoms with Gasteiger partial charge in [0.1, 0.15) is 12.4 Å². The van der Waals surface area contributed by atoms with Gasteiger partial charge in [0.15, 0.2) is 0 Å². The molecule has 0 atom stereocenters. The molecule has 2 heteroatoms. The number of hydrogen-bond donors (Lipinski definition) is 0. The summed E-state index contributed by atoms with van der Waals surface area (Å²) in [7, 11) is 0. The molecule has 1 aromatic rings. The van der Waals surface area contributed by atoms with Crippen molar-refractivity contribution in [1.29, 1.82) is 5.26 Å². The Kier molecular flexibility index (Phi) is 3.93. The maximum atomic E-state index is 8.79. The normalized spacial score (nSPS) is 10.3. The summed E-state index contributed by atoms with van der Waals surface area (Å²) in [6, 6.07) is 5.82. The van der Waals surface area contributed by atoms with E-state index >= 15 is 0 Å². The van der Waals surface area contributed by atoms with Gasteiger partial charge < -0.3 is 4.74 Å². The summed E-state index contributed by atoms with van der Waals surface area (Å²) >= 11 is 0. The van der Waals surface area contributed by atoms with E-state index in [-0.39, 0.29) is 0 Å². The van der Waals surface area contributed by atoms with Crippen molar-refractivity contribution in [2.45, 2.75) is 20.8 Å². The van der Waals surface area contributed by atoms with Gasteiger partial charge in [0.25, 0.3) is 0 Å². The van der Waals surface area contributed by atoms with Gasteiger partial charge in [-0.2, -0.15) is 5.26 Å². The molecule has 78 valence electrons. The van der Waals surface area contributed by atoms with E-state index in [4.69, 9.17) is 10.00 Å². The number of hydrogen-bond acceptors (Lipinski definition) is 2. The fraction of sp³-hybridized carbons (Fsp3) is 0.308. The van der Waals surface area contributed by atoms with Crippen LogP contribution in [-0.2, 0) is 0 Å². The zero-order valence-corrected chi connectivity index (χ0v) is 9.37. The van der Waals surface area contributed by atoms with E-state index < -0.39 is 0 Å². The van der Waals surface area contributed by atoms with Crippen molar-refractivity contribution in [1.82, 2.24) is 0 Å². The number of nitriles is 1. The van der Waals surface area contributed by atoms with Crippen molar-refractivity contribution in [3.8, 4) is 11.8 Å². The third kappa shape index (κ3) is 2.85. The quantitative estimate of drug-likeness (QED) is 0.704. The molecular weight excluding hydrogens is 186 g/mol. The van der Waals surface area contributed by atoms with Gasteiger partial charge in [0.2, 0.25) is 0 Å². The van der Waals surface area contributed by atoms with Crippen molar-refractivity contribution < 1.29 is 4.74 Å². The number of benzene rings is 1. The van der Waals surface area contributed by atoms with Crippen LogP contribution in [0, 0.1) is 25.2 Å². The topological polar surface area (TPSA) is 33.0 Å². The highest BCUT2D eigenvalue weighted by Crippen LogP contribution is 2.24. The molecule has 0 aliphatic rings. The van der Waals surface area contributed by atoms with Crippen LogP contribution in [-0.4, -0.2) is 6.61 Å². The van der Waals surface area contributed by atoms with Crippen LogP contribution in [0.4, 0.5) is 0 Å². The van der Waals surface area contributed by atoms with Crippen molar-refractivity contribution in [2.24, 2.45) is 0 Å². The number of aryl methyl sites for hydroxylation is 2. The molecule has 0 N–H and O–H groups in total. The lowest BCUT2D eigenvalue weighted by Crippen LogP contribution is -1.98. The molecule has 0 heterocycles. The average Bonchev–Trinajstić information content (AvgIpc) is 2.22. The van der Waals surface area contributed by atoms with Gasteiger partial charge in [-0.15, -0.1) is 0 Å². The standard InChI is InChI=1S/C13H15NO/c1-4-5-6-15-13-10(2)7-12(9-14)8-11(13)3/h4-5,7-8H,6H2,1-3H3. The Morgan fingerprint density at radius 2 is 1.93 bits per heavy atom. The molecule has 0 fully saturated rings. The Morgan fingerprint density at radius 1 is 1.33 bits per heavy atom. The molecule has 0 unspecified atom stereocenters. The average molecular weight is 201 g/mol. The largest absolute Gasteiger partial charge is 0.489 e.